The normalized spacial score (nSPS) is 16.1. The minimum Gasteiger partial charge on any atom is -0.384 e. The van der Waals surface area contributed by atoms with Gasteiger partial charge in [0.25, 0.3) is 0 Å². The van der Waals surface area contributed by atoms with E-state index in [0.717, 1.165) is 56.6 Å². The lowest BCUT2D eigenvalue weighted by atomic mass is 9.86. The topological polar surface area (TPSA) is 90.9 Å². The van der Waals surface area contributed by atoms with Crippen LogP contribution in [-0.4, -0.2) is 47.2 Å². The molecule has 38 heavy (non-hydrogen) atoms. The number of nitrogens with zero attached hydrogens (tertiary/aromatic N) is 6. The van der Waals surface area contributed by atoms with Crippen molar-refractivity contribution in [1.82, 2.24) is 28.9 Å². The highest BCUT2D eigenvalue weighted by Crippen LogP contribution is 2.45. The second kappa shape index (κ2) is 9.21. The van der Waals surface area contributed by atoms with Crippen LogP contribution in [0.15, 0.2) is 30.5 Å². The van der Waals surface area contributed by atoms with E-state index in [1.165, 1.54) is 11.5 Å². The van der Waals surface area contributed by atoms with Gasteiger partial charge in [-0.3, -0.25) is 4.98 Å². The Kier molecular flexibility index (Phi) is 6.08. The Morgan fingerprint density at radius 2 is 1.95 bits per heavy atom. The van der Waals surface area contributed by atoms with E-state index >= 15 is 0 Å². The molecule has 0 saturated carbocycles. The summed E-state index contributed by atoms with van der Waals surface area (Å²) in [5.41, 5.74) is 6.36. The lowest BCUT2D eigenvalue weighted by Gasteiger charge is -2.33. The molecule has 6 rings (SSSR count). The number of rotatable bonds is 5. The molecule has 0 radical (unpaired) electrons. The van der Waals surface area contributed by atoms with E-state index in [1.807, 2.05) is 32.3 Å². The monoisotopic (exact) mass is 534 g/mol. The van der Waals surface area contributed by atoms with Crippen LogP contribution in [0.4, 0.5) is 4.39 Å². The quantitative estimate of drug-likeness (QED) is 0.323. The SMILES string of the molecule is Cc1cc(C(C2CCOCC2)n2c3cc(-c4c(C)nnn4C)cnc3c3snc(C(C)(C)O)c32)ccc1F. The molecule has 1 unspecified atom stereocenters. The molecule has 1 aliphatic rings. The zero-order valence-corrected chi connectivity index (χ0v) is 23.0. The number of fused-ring (bicyclic) bond motifs is 3. The van der Waals surface area contributed by atoms with Gasteiger partial charge in [-0.2, -0.15) is 4.37 Å². The standard InChI is InChI=1S/C28H31FN6O2S/c1-15-12-18(6-7-20(15)29)24(17-8-10-37-11-9-17)35-21-13-19(23-16(2)31-33-34(23)5)14-30-22(21)26-25(35)27(32-38-26)28(3,4)36/h6-7,12-14,17,24,36H,8-11H2,1-5H3. The molecule has 0 aliphatic carbocycles. The molecular weight excluding hydrogens is 503 g/mol. The van der Waals surface area contributed by atoms with Crippen molar-refractivity contribution < 1.29 is 14.2 Å². The van der Waals surface area contributed by atoms with Crippen molar-refractivity contribution in [3.8, 4) is 11.3 Å². The first-order valence-corrected chi connectivity index (χ1v) is 13.6. The summed E-state index contributed by atoms with van der Waals surface area (Å²) in [6.07, 6.45) is 3.60. The van der Waals surface area contributed by atoms with E-state index in [9.17, 15) is 9.50 Å². The second-order valence-corrected chi connectivity index (χ2v) is 11.6. The Morgan fingerprint density at radius 3 is 2.61 bits per heavy atom. The third kappa shape index (κ3) is 4.02. The van der Waals surface area contributed by atoms with Crippen LogP contribution in [0.25, 0.3) is 32.5 Å². The van der Waals surface area contributed by atoms with Crippen molar-refractivity contribution in [3.05, 3.63) is 58.8 Å². The number of ether oxygens (including phenoxy) is 1. The number of aliphatic hydroxyl groups is 1. The Morgan fingerprint density at radius 1 is 1.18 bits per heavy atom. The molecular formula is C28H31FN6O2S. The fourth-order valence-corrected chi connectivity index (χ4v) is 6.81. The maximum absolute atomic E-state index is 14.4. The number of hydrogen-bond acceptors (Lipinski definition) is 7. The summed E-state index contributed by atoms with van der Waals surface area (Å²) >= 11 is 1.36. The van der Waals surface area contributed by atoms with Crippen molar-refractivity contribution in [3.63, 3.8) is 0 Å². The highest BCUT2D eigenvalue weighted by molar-refractivity contribution is 7.14. The number of hydrogen-bond donors (Lipinski definition) is 1. The van der Waals surface area contributed by atoms with Crippen LogP contribution < -0.4 is 0 Å². The molecule has 1 fully saturated rings. The predicted octanol–water partition coefficient (Wildman–Crippen LogP) is 5.44. The summed E-state index contributed by atoms with van der Waals surface area (Å²) < 4.78 is 29.8. The molecule has 10 heteroatoms. The molecule has 1 atom stereocenters. The number of aromatic nitrogens is 6. The fourth-order valence-electron chi connectivity index (χ4n) is 5.79. The summed E-state index contributed by atoms with van der Waals surface area (Å²) in [4.78, 5) is 4.93. The maximum atomic E-state index is 14.4. The van der Waals surface area contributed by atoms with Crippen molar-refractivity contribution in [2.45, 2.75) is 52.2 Å². The second-order valence-electron chi connectivity index (χ2n) is 10.8. The summed E-state index contributed by atoms with van der Waals surface area (Å²) in [6.45, 7) is 8.61. The molecule has 1 N–H and O–H groups in total. The minimum atomic E-state index is -1.16. The van der Waals surface area contributed by atoms with E-state index in [4.69, 9.17) is 14.1 Å². The molecule has 0 amide bonds. The molecule has 198 valence electrons. The van der Waals surface area contributed by atoms with Gasteiger partial charge in [0, 0.05) is 32.0 Å². The van der Waals surface area contributed by atoms with Crippen LogP contribution in [-0.2, 0) is 17.4 Å². The van der Waals surface area contributed by atoms with Gasteiger partial charge in [-0.25, -0.2) is 9.07 Å². The number of halogens is 1. The zero-order chi connectivity index (χ0) is 26.8. The van der Waals surface area contributed by atoms with Crippen molar-refractivity contribution in [2.75, 3.05) is 13.2 Å². The lowest BCUT2D eigenvalue weighted by Crippen LogP contribution is -2.28. The molecule has 1 aliphatic heterocycles. The van der Waals surface area contributed by atoms with Crippen LogP contribution in [0.2, 0.25) is 0 Å². The Bertz CT molecular complexity index is 1640. The average Bonchev–Trinajstić information content (AvgIpc) is 3.55. The summed E-state index contributed by atoms with van der Waals surface area (Å²) in [5.74, 6) is 0.0187. The van der Waals surface area contributed by atoms with Crippen LogP contribution in [0.3, 0.4) is 0 Å². The molecule has 0 spiro atoms. The summed E-state index contributed by atoms with van der Waals surface area (Å²) in [6, 6.07) is 7.40. The van der Waals surface area contributed by atoms with Gasteiger partial charge < -0.3 is 14.4 Å². The van der Waals surface area contributed by atoms with Crippen LogP contribution in [0.5, 0.6) is 0 Å². The largest absolute Gasteiger partial charge is 0.384 e. The number of benzene rings is 1. The zero-order valence-electron chi connectivity index (χ0n) is 22.2. The van der Waals surface area contributed by atoms with Gasteiger partial charge in [-0.05, 0) is 81.2 Å². The number of aryl methyl sites for hydroxylation is 3. The van der Waals surface area contributed by atoms with Gasteiger partial charge in [0.05, 0.1) is 33.2 Å². The smallest absolute Gasteiger partial charge is 0.126 e. The van der Waals surface area contributed by atoms with Gasteiger partial charge in [-0.15, -0.1) is 5.10 Å². The van der Waals surface area contributed by atoms with E-state index in [0.29, 0.717) is 24.5 Å². The van der Waals surface area contributed by atoms with Crippen molar-refractivity contribution in [2.24, 2.45) is 13.0 Å². The van der Waals surface area contributed by atoms with Gasteiger partial charge in [-0.1, -0.05) is 17.3 Å². The molecule has 1 aromatic carbocycles. The van der Waals surface area contributed by atoms with Crippen molar-refractivity contribution >= 4 is 32.8 Å². The first-order valence-electron chi connectivity index (χ1n) is 12.9. The van der Waals surface area contributed by atoms with Crippen LogP contribution in [0.1, 0.15) is 55.2 Å². The molecule has 8 nitrogen and oxygen atoms in total. The summed E-state index contributed by atoms with van der Waals surface area (Å²) in [5, 5.41) is 19.6. The van der Waals surface area contributed by atoms with E-state index in [-0.39, 0.29) is 17.8 Å². The third-order valence-electron chi connectivity index (χ3n) is 7.61. The van der Waals surface area contributed by atoms with Gasteiger partial charge in [0.2, 0.25) is 0 Å². The highest BCUT2D eigenvalue weighted by atomic mass is 32.1. The van der Waals surface area contributed by atoms with Gasteiger partial charge in [0.1, 0.15) is 22.6 Å². The fraction of sp³-hybridized carbons (Fsp3) is 0.429. The highest BCUT2D eigenvalue weighted by Gasteiger charge is 2.35. The predicted molar refractivity (Wildman–Crippen MR) is 146 cm³/mol. The Labute approximate surface area is 224 Å². The molecule has 5 aromatic rings. The van der Waals surface area contributed by atoms with E-state index in [1.54, 1.807) is 31.5 Å². The first-order chi connectivity index (χ1) is 18.1. The lowest BCUT2D eigenvalue weighted by molar-refractivity contribution is 0.0548. The Balaban J connectivity index is 1.71. The number of pyridine rings is 1. The van der Waals surface area contributed by atoms with Crippen LogP contribution in [0, 0.1) is 25.6 Å². The molecule has 5 heterocycles. The average molecular weight is 535 g/mol. The summed E-state index contributed by atoms with van der Waals surface area (Å²) in [7, 11) is 1.87. The molecule has 4 aromatic heterocycles. The van der Waals surface area contributed by atoms with E-state index < -0.39 is 5.60 Å². The van der Waals surface area contributed by atoms with Gasteiger partial charge in [0.15, 0.2) is 0 Å². The molecule has 1 saturated heterocycles. The van der Waals surface area contributed by atoms with Crippen LogP contribution >= 0.6 is 11.5 Å². The van der Waals surface area contributed by atoms with Gasteiger partial charge >= 0.3 is 0 Å². The van der Waals surface area contributed by atoms with Crippen molar-refractivity contribution in [1.29, 1.82) is 0 Å². The van der Waals surface area contributed by atoms with E-state index in [2.05, 4.69) is 20.9 Å². The minimum absolute atomic E-state index is 0.126. The first kappa shape index (κ1) is 25.1. The third-order valence-corrected chi connectivity index (χ3v) is 8.46. The Hall–Kier alpha value is -3.21. The maximum Gasteiger partial charge on any atom is 0.126 e. The molecule has 0 bridgehead atoms.